The molecule has 0 saturated heterocycles. The highest BCUT2D eigenvalue weighted by atomic mass is 19.1. The summed E-state index contributed by atoms with van der Waals surface area (Å²) in [6, 6.07) is 6.67. The van der Waals surface area contributed by atoms with E-state index in [4.69, 9.17) is 4.74 Å². The molecule has 0 unspecified atom stereocenters. The van der Waals surface area contributed by atoms with Gasteiger partial charge in [0, 0.05) is 6.07 Å². The first kappa shape index (κ1) is 12.2. The van der Waals surface area contributed by atoms with Crippen LogP contribution in [0, 0.1) is 11.6 Å². The topological polar surface area (TPSA) is 39.2 Å². The van der Waals surface area contributed by atoms with Crippen LogP contribution in [0.4, 0.5) is 8.78 Å². The Balaban J connectivity index is 2.04. The number of rotatable bonds is 4. The molecule has 2 rings (SSSR count). The van der Waals surface area contributed by atoms with Crippen LogP contribution >= 0.6 is 0 Å². The number of ether oxygens (including phenoxy) is 1. The zero-order valence-electron chi connectivity index (χ0n) is 9.27. The molecule has 92 valence electrons. The first-order chi connectivity index (χ1) is 8.69. The number of carbonyl (C=O) groups is 1. The Labute approximate surface area is 102 Å². The lowest BCUT2D eigenvalue weighted by Crippen LogP contribution is -1.99. The standard InChI is InChI=1S/C13H9F2NO2/c14-10-2-3-11(16-6-10)8-18-12-4-1-9(7-17)13(15)5-12/h1-7H,8H2. The van der Waals surface area contributed by atoms with Gasteiger partial charge in [0.15, 0.2) is 6.29 Å². The predicted octanol–water partition coefficient (Wildman–Crippen LogP) is 2.75. The summed E-state index contributed by atoms with van der Waals surface area (Å²) in [6.45, 7) is 0.0974. The first-order valence-electron chi connectivity index (χ1n) is 5.17. The molecule has 1 heterocycles. The molecule has 0 aliphatic carbocycles. The molecule has 0 bridgehead atoms. The highest BCUT2D eigenvalue weighted by Gasteiger charge is 2.04. The summed E-state index contributed by atoms with van der Waals surface area (Å²) in [4.78, 5) is 14.2. The van der Waals surface area contributed by atoms with Crippen LogP contribution in [-0.4, -0.2) is 11.3 Å². The van der Waals surface area contributed by atoms with Crippen molar-refractivity contribution in [3.05, 3.63) is 59.4 Å². The highest BCUT2D eigenvalue weighted by Crippen LogP contribution is 2.16. The van der Waals surface area contributed by atoms with E-state index < -0.39 is 11.6 Å². The molecule has 0 saturated carbocycles. The van der Waals surface area contributed by atoms with Crippen LogP contribution in [0.15, 0.2) is 36.5 Å². The van der Waals surface area contributed by atoms with Crippen LogP contribution in [0.25, 0.3) is 0 Å². The molecule has 0 atom stereocenters. The number of nitrogens with zero attached hydrogens (tertiary/aromatic N) is 1. The molecule has 0 N–H and O–H groups in total. The monoisotopic (exact) mass is 249 g/mol. The van der Waals surface area contributed by atoms with E-state index in [0.29, 0.717) is 12.0 Å². The van der Waals surface area contributed by atoms with E-state index in [2.05, 4.69) is 4.98 Å². The second-order valence-electron chi connectivity index (χ2n) is 3.56. The third-order valence-corrected chi connectivity index (χ3v) is 2.27. The molecular weight excluding hydrogens is 240 g/mol. The van der Waals surface area contributed by atoms with E-state index in [1.165, 1.54) is 24.3 Å². The number of halogens is 2. The van der Waals surface area contributed by atoms with Crippen LogP contribution in [0.2, 0.25) is 0 Å². The molecule has 0 aliphatic rings. The average Bonchev–Trinajstić information content (AvgIpc) is 2.38. The van der Waals surface area contributed by atoms with Gasteiger partial charge in [-0.1, -0.05) is 0 Å². The van der Waals surface area contributed by atoms with Crippen molar-refractivity contribution in [3.63, 3.8) is 0 Å². The predicted molar refractivity (Wildman–Crippen MR) is 60.3 cm³/mol. The third-order valence-electron chi connectivity index (χ3n) is 2.27. The van der Waals surface area contributed by atoms with Gasteiger partial charge < -0.3 is 4.74 Å². The molecule has 0 spiro atoms. The van der Waals surface area contributed by atoms with Crippen molar-refractivity contribution in [1.82, 2.24) is 4.98 Å². The van der Waals surface area contributed by atoms with Crippen molar-refractivity contribution in [3.8, 4) is 5.75 Å². The third kappa shape index (κ3) is 2.88. The molecule has 2 aromatic rings. The summed E-state index contributed by atoms with van der Waals surface area (Å²) < 4.78 is 31.1. The lowest BCUT2D eigenvalue weighted by molar-refractivity contribution is 0.111. The second-order valence-corrected chi connectivity index (χ2v) is 3.56. The Morgan fingerprint density at radius 3 is 2.67 bits per heavy atom. The summed E-state index contributed by atoms with van der Waals surface area (Å²) in [7, 11) is 0. The van der Waals surface area contributed by atoms with Gasteiger partial charge in [-0.15, -0.1) is 0 Å². The van der Waals surface area contributed by atoms with Crippen molar-refractivity contribution in [2.24, 2.45) is 0 Å². The molecule has 0 aliphatic heterocycles. The minimum atomic E-state index is -0.644. The smallest absolute Gasteiger partial charge is 0.152 e. The van der Waals surface area contributed by atoms with Crippen LogP contribution < -0.4 is 4.74 Å². The summed E-state index contributed by atoms with van der Waals surface area (Å²) in [5.74, 6) is -0.793. The van der Waals surface area contributed by atoms with Crippen molar-refractivity contribution in [1.29, 1.82) is 0 Å². The minimum Gasteiger partial charge on any atom is -0.487 e. The number of aldehydes is 1. The van der Waals surface area contributed by atoms with Gasteiger partial charge in [0.05, 0.1) is 17.5 Å². The fraction of sp³-hybridized carbons (Fsp3) is 0.0769. The summed E-state index contributed by atoms with van der Waals surface area (Å²) in [5, 5.41) is 0. The van der Waals surface area contributed by atoms with Crippen LogP contribution in [0.1, 0.15) is 16.1 Å². The van der Waals surface area contributed by atoms with Gasteiger partial charge in [-0.25, -0.2) is 8.78 Å². The Morgan fingerprint density at radius 1 is 1.22 bits per heavy atom. The number of hydrogen-bond acceptors (Lipinski definition) is 3. The molecule has 5 heteroatoms. The van der Waals surface area contributed by atoms with Gasteiger partial charge in [0.2, 0.25) is 0 Å². The van der Waals surface area contributed by atoms with Crippen molar-refractivity contribution in [2.75, 3.05) is 0 Å². The number of benzene rings is 1. The second kappa shape index (κ2) is 5.35. The maximum absolute atomic E-state index is 13.3. The maximum Gasteiger partial charge on any atom is 0.152 e. The number of aromatic nitrogens is 1. The lowest BCUT2D eigenvalue weighted by atomic mass is 10.2. The number of pyridine rings is 1. The largest absolute Gasteiger partial charge is 0.487 e. The molecule has 1 aromatic heterocycles. The number of hydrogen-bond donors (Lipinski definition) is 0. The average molecular weight is 249 g/mol. The van der Waals surface area contributed by atoms with E-state index in [-0.39, 0.29) is 17.9 Å². The summed E-state index contributed by atoms with van der Waals surface area (Å²) in [6.07, 6.45) is 1.51. The SMILES string of the molecule is O=Cc1ccc(OCc2ccc(F)cn2)cc1F. The van der Waals surface area contributed by atoms with E-state index in [1.54, 1.807) is 0 Å². The molecule has 3 nitrogen and oxygen atoms in total. The van der Waals surface area contributed by atoms with Crippen molar-refractivity contribution < 1.29 is 18.3 Å². The van der Waals surface area contributed by atoms with Gasteiger partial charge >= 0.3 is 0 Å². The van der Waals surface area contributed by atoms with Gasteiger partial charge in [0.25, 0.3) is 0 Å². The Hall–Kier alpha value is -2.30. The summed E-state index contributed by atoms with van der Waals surface area (Å²) >= 11 is 0. The van der Waals surface area contributed by atoms with Crippen LogP contribution in [0.3, 0.4) is 0 Å². The molecule has 0 radical (unpaired) electrons. The van der Waals surface area contributed by atoms with Crippen LogP contribution in [-0.2, 0) is 6.61 Å². The Morgan fingerprint density at radius 2 is 2.06 bits per heavy atom. The zero-order valence-corrected chi connectivity index (χ0v) is 9.27. The van der Waals surface area contributed by atoms with Gasteiger partial charge in [-0.2, -0.15) is 0 Å². The highest BCUT2D eigenvalue weighted by molar-refractivity contribution is 5.75. The molecular formula is C13H9F2NO2. The van der Waals surface area contributed by atoms with E-state index in [0.717, 1.165) is 12.3 Å². The minimum absolute atomic E-state index is 0.0257. The van der Waals surface area contributed by atoms with Gasteiger partial charge in [-0.3, -0.25) is 9.78 Å². The Bertz CT molecular complexity index is 555. The van der Waals surface area contributed by atoms with Crippen molar-refractivity contribution in [2.45, 2.75) is 6.61 Å². The number of carbonyl (C=O) groups excluding carboxylic acids is 1. The molecule has 18 heavy (non-hydrogen) atoms. The normalized spacial score (nSPS) is 10.1. The van der Waals surface area contributed by atoms with Gasteiger partial charge in [0.1, 0.15) is 24.0 Å². The Kier molecular flexibility index (Phi) is 3.62. The van der Waals surface area contributed by atoms with E-state index in [1.807, 2.05) is 0 Å². The fourth-order valence-corrected chi connectivity index (χ4v) is 1.34. The molecule has 0 fully saturated rings. The quantitative estimate of drug-likeness (QED) is 0.782. The first-order valence-corrected chi connectivity index (χ1v) is 5.17. The molecule has 0 amide bonds. The van der Waals surface area contributed by atoms with Crippen LogP contribution in [0.5, 0.6) is 5.75 Å². The summed E-state index contributed by atoms with van der Waals surface area (Å²) in [5.41, 5.74) is 0.499. The molecule has 1 aromatic carbocycles. The fourth-order valence-electron chi connectivity index (χ4n) is 1.34. The van der Waals surface area contributed by atoms with E-state index >= 15 is 0 Å². The van der Waals surface area contributed by atoms with Gasteiger partial charge in [-0.05, 0) is 24.3 Å². The lowest BCUT2D eigenvalue weighted by Gasteiger charge is -2.06. The maximum atomic E-state index is 13.3. The van der Waals surface area contributed by atoms with Crippen molar-refractivity contribution >= 4 is 6.29 Å². The van der Waals surface area contributed by atoms with E-state index in [9.17, 15) is 13.6 Å². The zero-order chi connectivity index (χ0) is 13.0.